The molecule has 0 radical (unpaired) electrons. The lowest BCUT2D eigenvalue weighted by Crippen LogP contribution is -2.26. The summed E-state index contributed by atoms with van der Waals surface area (Å²) < 4.78 is 28.0. The molecule has 110 valence electrons. The molecule has 0 atom stereocenters. The second-order valence-corrected chi connectivity index (χ2v) is 5.73. The molecule has 0 unspecified atom stereocenters. The van der Waals surface area contributed by atoms with E-state index in [9.17, 15) is 13.6 Å². The van der Waals surface area contributed by atoms with Crippen LogP contribution in [0.1, 0.15) is 15.9 Å². The van der Waals surface area contributed by atoms with Gasteiger partial charge in [-0.1, -0.05) is 34.1 Å². The first kappa shape index (κ1) is 15.8. The van der Waals surface area contributed by atoms with E-state index in [0.29, 0.717) is 6.54 Å². The van der Waals surface area contributed by atoms with Crippen molar-refractivity contribution in [2.45, 2.75) is 6.54 Å². The van der Waals surface area contributed by atoms with E-state index in [1.807, 2.05) is 24.3 Å². The Morgan fingerprint density at radius 3 is 2.24 bits per heavy atom. The van der Waals surface area contributed by atoms with Gasteiger partial charge in [-0.05, 0) is 36.9 Å². The Labute approximate surface area is 130 Å². The zero-order valence-electron chi connectivity index (χ0n) is 11.4. The summed E-state index contributed by atoms with van der Waals surface area (Å²) in [6.07, 6.45) is 0. The van der Waals surface area contributed by atoms with Crippen LogP contribution in [0, 0.1) is 11.6 Å². The molecule has 0 aromatic heterocycles. The minimum atomic E-state index is -0.822. The van der Waals surface area contributed by atoms with Gasteiger partial charge >= 0.3 is 0 Å². The standard InChI is InChI=1S/C16H14BrF2NO/c1-20(9-11-5-7-12(17)8-6-11)10-15(21)16-13(18)3-2-4-14(16)19/h2-8H,9-10H2,1H3. The normalized spacial score (nSPS) is 10.9. The lowest BCUT2D eigenvalue weighted by molar-refractivity contribution is 0.0934. The smallest absolute Gasteiger partial charge is 0.182 e. The van der Waals surface area contributed by atoms with Crippen LogP contribution in [0.25, 0.3) is 0 Å². The summed E-state index contributed by atoms with van der Waals surface area (Å²) in [7, 11) is 1.73. The highest BCUT2D eigenvalue weighted by Crippen LogP contribution is 2.15. The number of nitrogens with zero attached hydrogens (tertiary/aromatic N) is 1. The van der Waals surface area contributed by atoms with Gasteiger partial charge in [-0.2, -0.15) is 0 Å². The summed E-state index contributed by atoms with van der Waals surface area (Å²) in [4.78, 5) is 13.7. The van der Waals surface area contributed by atoms with E-state index in [0.717, 1.165) is 22.2 Å². The molecule has 0 heterocycles. The van der Waals surface area contributed by atoms with Gasteiger partial charge in [0.05, 0.1) is 12.1 Å². The molecule has 0 amide bonds. The molecule has 0 bridgehead atoms. The van der Waals surface area contributed by atoms with Crippen molar-refractivity contribution < 1.29 is 13.6 Å². The molecule has 0 spiro atoms. The van der Waals surface area contributed by atoms with Crippen molar-refractivity contribution in [1.29, 1.82) is 0 Å². The molecule has 0 saturated heterocycles. The molecule has 2 aromatic carbocycles. The van der Waals surface area contributed by atoms with Crippen LogP contribution in [0.4, 0.5) is 8.78 Å². The molecule has 0 N–H and O–H groups in total. The molecule has 0 aliphatic rings. The number of likely N-dealkylation sites (N-methyl/N-ethyl adjacent to an activating group) is 1. The maximum atomic E-state index is 13.5. The van der Waals surface area contributed by atoms with E-state index < -0.39 is 23.0 Å². The number of carbonyl (C=O) groups is 1. The zero-order chi connectivity index (χ0) is 15.4. The summed E-state index contributed by atoms with van der Waals surface area (Å²) in [6, 6.07) is 11.1. The minimum absolute atomic E-state index is 0.0477. The quantitative estimate of drug-likeness (QED) is 0.756. The van der Waals surface area contributed by atoms with E-state index >= 15 is 0 Å². The Balaban J connectivity index is 2.04. The van der Waals surface area contributed by atoms with Crippen LogP contribution in [-0.2, 0) is 6.54 Å². The summed E-state index contributed by atoms with van der Waals surface area (Å²) >= 11 is 3.35. The van der Waals surface area contributed by atoms with Crippen molar-refractivity contribution in [2.24, 2.45) is 0 Å². The number of carbonyl (C=O) groups excluding carboxylic acids is 1. The second-order valence-electron chi connectivity index (χ2n) is 4.82. The highest BCUT2D eigenvalue weighted by atomic mass is 79.9. The third-order valence-electron chi connectivity index (χ3n) is 3.02. The Bertz CT molecular complexity index is 623. The number of hydrogen-bond acceptors (Lipinski definition) is 2. The Hall–Kier alpha value is -1.59. The second kappa shape index (κ2) is 6.91. The molecule has 0 aliphatic carbocycles. The van der Waals surface area contributed by atoms with Gasteiger partial charge in [0.15, 0.2) is 5.78 Å². The number of ketones is 1. The topological polar surface area (TPSA) is 20.3 Å². The van der Waals surface area contributed by atoms with Gasteiger partial charge in [-0.3, -0.25) is 9.69 Å². The van der Waals surface area contributed by atoms with Gasteiger partial charge in [0, 0.05) is 11.0 Å². The Morgan fingerprint density at radius 1 is 1.10 bits per heavy atom. The maximum Gasteiger partial charge on any atom is 0.182 e. The summed E-state index contributed by atoms with van der Waals surface area (Å²) in [5.41, 5.74) is 0.544. The molecule has 0 fully saturated rings. The van der Waals surface area contributed by atoms with Crippen LogP contribution >= 0.6 is 15.9 Å². The highest BCUT2D eigenvalue weighted by molar-refractivity contribution is 9.10. The van der Waals surface area contributed by atoms with Crippen LogP contribution in [0.3, 0.4) is 0 Å². The molecule has 2 nitrogen and oxygen atoms in total. The van der Waals surface area contributed by atoms with E-state index in [-0.39, 0.29) is 6.54 Å². The van der Waals surface area contributed by atoms with Crippen molar-refractivity contribution in [3.63, 3.8) is 0 Å². The number of halogens is 3. The van der Waals surface area contributed by atoms with Crippen LogP contribution in [0.5, 0.6) is 0 Å². The molecule has 5 heteroatoms. The van der Waals surface area contributed by atoms with Gasteiger partial charge in [0.25, 0.3) is 0 Å². The van der Waals surface area contributed by atoms with E-state index in [4.69, 9.17) is 0 Å². The Kier molecular flexibility index (Phi) is 5.20. The summed E-state index contributed by atoms with van der Waals surface area (Å²) in [6.45, 7) is 0.475. The van der Waals surface area contributed by atoms with Crippen molar-refractivity contribution in [3.8, 4) is 0 Å². The molecule has 0 saturated carbocycles. The third-order valence-corrected chi connectivity index (χ3v) is 3.55. The van der Waals surface area contributed by atoms with Gasteiger partial charge in [0.2, 0.25) is 0 Å². The fraction of sp³-hybridized carbons (Fsp3) is 0.188. The number of hydrogen-bond donors (Lipinski definition) is 0. The van der Waals surface area contributed by atoms with Crippen LogP contribution in [-0.4, -0.2) is 24.3 Å². The predicted octanol–water partition coefficient (Wildman–Crippen LogP) is 4.04. The highest BCUT2D eigenvalue weighted by Gasteiger charge is 2.18. The lowest BCUT2D eigenvalue weighted by atomic mass is 10.1. The maximum absolute atomic E-state index is 13.5. The van der Waals surface area contributed by atoms with Crippen molar-refractivity contribution in [1.82, 2.24) is 4.90 Å². The summed E-state index contributed by atoms with van der Waals surface area (Å²) in [5, 5.41) is 0. The van der Waals surface area contributed by atoms with Crippen LogP contribution < -0.4 is 0 Å². The van der Waals surface area contributed by atoms with Gasteiger partial charge in [-0.15, -0.1) is 0 Å². The minimum Gasteiger partial charge on any atom is -0.295 e. The molecular formula is C16H14BrF2NO. The SMILES string of the molecule is CN(CC(=O)c1c(F)cccc1F)Cc1ccc(Br)cc1. The Morgan fingerprint density at radius 2 is 1.67 bits per heavy atom. The van der Waals surface area contributed by atoms with E-state index in [2.05, 4.69) is 15.9 Å². The summed E-state index contributed by atoms with van der Waals surface area (Å²) in [5.74, 6) is -2.21. The molecule has 0 aliphatic heterocycles. The predicted molar refractivity (Wildman–Crippen MR) is 81.2 cm³/mol. The van der Waals surface area contributed by atoms with Crippen LogP contribution in [0.15, 0.2) is 46.9 Å². The lowest BCUT2D eigenvalue weighted by Gasteiger charge is -2.16. The fourth-order valence-corrected chi connectivity index (χ4v) is 2.31. The van der Waals surface area contributed by atoms with Gasteiger partial charge in [0.1, 0.15) is 11.6 Å². The van der Waals surface area contributed by atoms with Gasteiger partial charge < -0.3 is 0 Å². The largest absolute Gasteiger partial charge is 0.295 e. The molecular weight excluding hydrogens is 340 g/mol. The van der Waals surface area contributed by atoms with Crippen molar-refractivity contribution in [3.05, 3.63) is 69.7 Å². The fourth-order valence-electron chi connectivity index (χ4n) is 2.05. The first-order valence-corrected chi connectivity index (χ1v) is 7.17. The van der Waals surface area contributed by atoms with E-state index in [1.165, 1.54) is 6.07 Å². The average molecular weight is 354 g/mol. The number of rotatable bonds is 5. The number of Topliss-reactive ketones (excluding diaryl/α,β-unsaturated/α-hetero) is 1. The monoisotopic (exact) mass is 353 g/mol. The van der Waals surface area contributed by atoms with Crippen LogP contribution in [0.2, 0.25) is 0 Å². The first-order valence-electron chi connectivity index (χ1n) is 6.37. The zero-order valence-corrected chi connectivity index (χ0v) is 13.0. The number of benzene rings is 2. The van der Waals surface area contributed by atoms with E-state index in [1.54, 1.807) is 11.9 Å². The van der Waals surface area contributed by atoms with Gasteiger partial charge in [-0.25, -0.2) is 8.78 Å². The van der Waals surface area contributed by atoms with Crippen molar-refractivity contribution in [2.75, 3.05) is 13.6 Å². The van der Waals surface area contributed by atoms with Crippen molar-refractivity contribution >= 4 is 21.7 Å². The third kappa shape index (κ3) is 4.19. The molecule has 21 heavy (non-hydrogen) atoms. The molecule has 2 aromatic rings. The average Bonchev–Trinajstić information content (AvgIpc) is 2.41. The first-order chi connectivity index (χ1) is 9.97. The molecule has 2 rings (SSSR count).